The zero-order valence-corrected chi connectivity index (χ0v) is 10.5. The van der Waals surface area contributed by atoms with Gasteiger partial charge in [-0.25, -0.2) is 4.39 Å². The van der Waals surface area contributed by atoms with Crippen LogP contribution >= 0.6 is 0 Å². The summed E-state index contributed by atoms with van der Waals surface area (Å²) in [7, 11) is 1.67. The summed E-state index contributed by atoms with van der Waals surface area (Å²) in [5.74, 6) is -0.223. The molecule has 0 aromatic heterocycles. The molecule has 0 aliphatic heterocycles. The Labute approximate surface area is 102 Å². The molecule has 0 aliphatic rings. The number of anilines is 1. The van der Waals surface area contributed by atoms with Crippen LogP contribution in [0.3, 0.4) is 0 Å². The van der Waals surface area contributed by atoms with Crippen molar-refractivity contribution in [1.82, 2.24) is 0 Å². The molecule has 1 N–H and O–H groups in total. The van der Waals surface area contributed by atoms with Crippen molar-refractivity contribution in [2.75, 3.05) is 38.8 Å². The van der Waals surface area contributed by atoms with Crippen molar-refractivity contribution < 1.29 is 13.9 Å². The molecule has 0 fully saturated rings. The molecule has 17 heavy (non-hydrogen) atoms. The lowest BCUT2D eigenvalue weighted by molar-refractivity contribution is 0.109. The Morgan fingerprint density at radius 2 is 2.06 bits per heavy atom. The molecule has 0 saturated carbocycles. The van der Waals surface area contributed by atoms with E-state index in [1.807, 2.05) is 6.92 Å². The lowest BCUT2D eigenvalue weighted by Crippen LogP contribution is -2.11. The van der Waals surface area contributed by atoms with Gasteiger partial charge in [0.25, 0.3) is 0 Å². The minimum Gasteiger partial charge on any atom is -0.385 e. The van der Waals surface area contributed by atoms with Gasteiger partial charge < -0.3 is 14.8 Å². The standard InChI is InChI=1S/C13H20FNO2/c1-11-4-5-12(14)10-13(11)15-6-9-17-8-3-7-16-2/h4-5,10,15H,3,6-9H2,1-2H3. The van der Waals surface area contributed by atoms with E-state index in [1.54, 1.807) is 13.2 Å². The molecular formula is C13H20FNO2. The number of rotatable bonds is 8. The molecule has 1 aromatic rings. The first-order valence-corrected chi connectivity index (χ1v) is 5.80. The molecular weight excluding hydrogens is 221 g/mol. The molecule has 0 aliphatic carbocycles. The van der Waals surface area contributed by atoms with Gasteiger partial charge in [0.15, 0.2) is 0 Å². The molecule has 1 rings (SSSR count). The van der Waals surface area contributed by atoms with E-state index >= 15 is 0 Å². The Morgan fingerprint density at radius 1 is 1.24 bits per heavy atom. The molecule has 0 unspecified atom stereocenters. The number of nitrogens with one attached hydrogen (secondary N) is 1. The molecule has 3 nitrogen and oxygen atoms in total. The topological polar surface area (TPSA) is 30.5 Å². The third-order valence-electron chi connectivity index (χ3n) is 2.40. The second-order valence-corrected chi connectivity index (χ2v) is 3.84. The monoisotopic (exact) mass is 241 g/mol. The highest BCUT2D eigenvalue weighted by Gasteiger charge is 1.99. The fourth-order valence-electron chi connectivity index (χ4n) is 1.45. The van der Waals surface area contributed by atoms with Gasteiger partial charge in [-0.15, -0.1) is 0 Å². The van der Waals surface area contributed by atoms with Crippen molar-refractivity contribution >= 4 is 5.69 Å². The average Bonchev–Trinajstić information content (AvgIpc) is 2.32. The largest absolute Gasteiger partial charge is 0.385 e. The summed E-state index contributed by atoms with van der Waals surface area (Å²) < 4.78 is 23.3. The predicted molar refractivity (Wildman–Crippen MR) is 66.9 cm³/mol. The highest BCUT2D eigenvalue weighted by Crippen LogP contribution is 2.15. The summed E-state index contributed by atoms with van der Waals surface area (Å²) in [4.78, 5) is 0. The van der Waals surface area contributed by atoms with Gasteiger partial charge in [-0.3, -0.25) is 0 Å². The van der Waals surface area contributed by atoms with Crippen LogP contribution < -0.4 is 5.32 Å². The summed E-state index contributed by atoms with van der Waals surface area (Å²) in [5, 5.41) is 3.15. The number of methoxy groups -OCH3 is 1. The quantitative estimate of drug-likeness (QED) is 0.710. The third-order valence-corrected chi connectivity index (χ3v) is 2.40. The van der Waals surface area contributed by atoms with Crippen molar-refractivity contribution in [2.45, 2.75) is 13.3 Å². The van der Waals surface area contributed by atoms with Gasteiger partial charge in [0, 0.05) is 32.6 Å². The molecule has 0 bridgehead atoms. The Morgan fingerprint density at radius 3 is 2.82 bits per heavy atom. The van der Waals surface area contributed by atoms with Gasteiger partial charge in [0.1, 0.15) is 5.82 Å². The van der Waals surface area contributed by atoms with Crippen molar-refractivity contribution in [3.8, 4) is 0 Å². The Bertz CT molecular complexity index is 331. The molecule has 0 radical (unpaired) electrons. The summed E-state index contributed by atoms with van der Waals surface area (Å²) in [6.07, 6.45) is 0.898. The second kappa shape index (κ2) is 8.03. The summed E-state index contributed by atoms with van der Waals surface area (Å²) >= 11 is 0. The van der Waals surface area contributed by atoms with Crippen molar-refractivity contribution in [2.24, 2.45) is 0 Å². The molecule has 0 atom stereocenters. The van der Waals surface area contributed by atoms with Gasteiger partial charge >= 0.3 is 0 Å². The van der Waals surface area contributed by atoms with Crippen LogP contribution in [0.5, 0.6) is 0 Å². The normalized spacial score (nSPS) is 10.5. The lowest BCUT2D eigenvalue weighted by Gasteiger charge is -2.10. The molecule has 4 heteroatoms. The zero-order valence-electron chi connectivity index (χ0n) is 10.5. The molecule has 0 heterocycles. The van der Waals surface area contributed by atoms with E-state index in [4.69, 9.17) is 9.47 Å². The maximum Gasteiger partial charge on any atom is 0.125 e. The summed E-state index contributed by atoms with van der Waals surface area (Å²) in [5.41, 5.74) is 1.86. The van der Waals surface area contributed by atoms with E-state index in [2.05, 4.69) is 5.32 Å². The Balaban J connectivity index is 2.15. The molecule has 0 amide bonds. The van der Waals surface area contributed by atoms with Crippen LogP contribution in [0.2, 0.25) is 0 Å². The highest BCUT2D eigenvalue weighted by atomic mass is 19.1. The van der Waals surface area contributed by atoms with E-state index in [0.29, 0.717) is 19.8 Å². The van der Waals surface area contributed by atoms with Gasteiger partial charge in [-0.05, 0) is 31.0 Å². The Hall–Kier alpha value is -1.13. The van der Waals surface area contributed by atoms with Crippen molar-refractivity contribution in [3.05, 3.63) is 29.6 Å². The van der Waals surface area contributed by atoms with Gasteiger partial charge in [0.2, 0.25) is 0 Å². The fraction of sp³-hybridized carbons (Fsp3) is 0.538. The Kier molecular flexibility index (Phi) is 6.58. The minimum absolute atomic E-state index is 0.223. The first-order valence-electron chi connectivity index (χ1n) is 5.80. The first-order chi connectivity index (χ1) is 8.24. The fourth-order valence-corrected chi connectivity index (χ4v) is 1.45. The zero-order chi connectivity index (χ0) is 12.5. The number of hydrogen-bond acceptors (Lipinski definition) is 3. The van der Waals surface area contributed by atoms with E-state index in [-0.39, 0.29) is 5.82 Å². The molecule has 1 aromatic carbocycles. The van der Waals surface area contributed by atoms with Crippen LogP contribution in [0.15, 0.2) is 18.2 Å². The summed E-state index contributed by atoms with van der Waals surface area (Å²) in [6, 6.07) is 4.72. The number of aryl methyl sites for hydroxylation is 1. The van der Waals surface area contributed by atoms with E-state index < -0.39 is 0 Å². The van der Waals surface area contributed by atoms with Gasteiger partial charge in [-0.1, -0.05) is 6.07 Å². The van der Waals surface area contributed by atoms with E-state index in [1.165, 1.54) is 12.1 Å². The van der Waals surface area contributed by atoms with Gasteiger partial charge in [0.05, 0.1) is 6.61 Å². The number of hydrogen-bond donors (Lipinski definition) is 1. The SMILES string of the molecule is COCCCOCCNc1cc(F)ccc1C. The van der Waals surface area contributed by atoms with Crippen LogP contribution in [0.4, 0.5) is 10.1 Å². The van der Waals surface area contributed by atoms with Crippen molar-refractivity contribution in [1.29, 1.82) is 0 Å². The molecule has 0 saturated heterocycles. The highest BCUT2D eigenvalue weighted by molar-refractivity contribution is 5.50. The van der Waals surface area contributed by atoms with E-state index in [9.17, 15) is 4.39 Å². The van der Waals surface area contributed by atoms with Gasteiger partial charge in [-0.2, -0.15) is 0 Å². The minimum atomic E-state index is -0.223. The van der Waals surface area contributed by atoms with Crippen LogP contribution in [0.25, 0.3) is 0 Å². The third kappa shape index (κ3) is 5.65. The predicted octanol–water partition coefficient (Wildman–Crippen LogP) is 2.60. The van der Waals surface area contributed by atoms with E-state index in [0.717, 1.165) is 24.3 Å². The van der Waals surface area contributed by atoms with Crippen LogP contribution in [0.1, 0.15) is 12.0 Å². The van der Waals surface area contributed by atoms with Crippen LogP contribution in [-0.2, 0) is 9.47 Å². The maximum atomic E-state index is 13.0. The molecule has 0 spiro atoms. The summed E-state index contributed by atoms with van der Waals surface area (Å²) in [6.45, 7) is 4.65. The number of halogens is 1. The molecule has 96 valence electrons. The van der Waals surface area contributed by atoms with Crippen LogP contribution in [-0.4, -0.2) is 33.5 Å². The van der Waals surface area contributed by atoms with Crippen LogP contribution in [0, 0.1) is 12.7 Å². The first kappa shape index (κ1) is 13.9. The lowest BCUT2D eigenvalue weighted by atomic mass is 10.2. The second-order valence-electron chi connectivity index (χ2n) is 3.84. The van der Waals surface area contributed by atoms with Crippen molar-refractivity contribution in [3.63, 3.8) is 0 Å². The maximum absolute atomic E-state index is 13.0. The number of ether oxygens (including phenoxy) is 2. The smallest absolute Gasteiger partial charge is 0.125 e. The average molecular weight is 241 g/mol. The number of benzene rings is 1.